The van der Waals surface area contributed by atoms with Gasteiger partial charge in [-0.05, 0) is 41.5 Å². The van der Waals surface area contributed by atoms with Crippen LogP contribution in [-0.4, -0.2) is 45.7 Å². The fourth-order valence-electron chi connectivity index (χ4n) is 2.87. The number of nitrogens with zero attached hydrogens (tertiary/aromatic N) is 1. The van der Waals surface area contributed by atoms with E-state index in [1.54, 1.807) is 12.1 Å². The van der Waals surface area contributed by atoms with E-state index in [-0.39, 0.29) is 33.8 Å². The van der Waals surface area contributed by atoms with Gasteiger partial charge in [0.25, 0.3) is 0 Å². The van der Waals surface area contributed by atoms with Gasteiger partial charge in [0.1, 0.15) is 16.7 Å². The van der Waals surface area contributed by atoms with Crippen molar-refractivity contribution in [3.63, 3.8) is 0 Å². The summed E-state index contributed by atoms with van der Waals surface area (Å²) in [5.41, 5.74) is 1.27. The Morgan fingerprint density at radius 1 is 1.03 bits per heavy atom. The normalized spacial score (nSPS) is 13.3. The van der Waals surface area contributed by atoms with Crippen molar-refractivity contribution in [2.24, 2.45) is 0 Å². The molecule has 168 valence electrons. The lowest BCUT2D eigenvalue weighted by Crippen LogP contribution is -2.18. The zero-order valence-corrected chi connectivity index (χ0v) is 20.0. The van der Waals surface area contributed by atoms with Gasteiger partial charge in [-0.15, -0.1) is 0 Å². The van der Waals surface area contributed by atoms with Crippen molar-refractivity contribution in [1.29, 1.82) is 5.26 Å². The summed E-state index contributed by atoms with van der Waals surface area (Å²) in [6.07, 6.45) is 1.37. The summed E-state index contributed by atoms with van der Waals surface area (Å²) in [5, 5.41) is 20.3. The summed E-state index contributed by atoms with van der Waals surface area (Å²) in [5.74, 6) is -0.0781. The molecular formula is C23H35NO5S. The van der Waals surface area contributed by atoms with Gasteiger partial charge in [-0.2, -0.15) is 5.26 Å². The van der Waals surface area contributed by atoms with E-state index in [4.69, 9.17) is 9.47 Å². The first kappa shape index (κ1) is 26.2. The molecule has 0 spiro atoms. The quantitative estimate of drug-likeness (QED) is 0.456. The molecule has 0 aliphatic heterocycles. The molecule has 6 nitrogen and oxygen atoms in total. The molecule has 1 rings (SSSR count). The second-order valence-corrected chi connectivity index (χ2v) is 11.3. The summed E-state index contributed by atoms with van der Waals surface area (Å²) in [4.78, 5) is -0.318. The van der Waals surface area contributed by atoms with E-state index in [1.165, 1.54) is 6.08 Å². The van der Waals surface area contributed by atoms with Crippen molar-refractivity contribution >= 4 is 15.9 Å². The largest absolute Gasteiger partial charge is 0.507 e. The maximum Gasteiger partial charge on any atom is 0.190 e. The molecule has 0 aliphatic carbocycles. The lowest BCUT2D eigenvalue weighted by atomic mass is 9.78. The molecule has 0 aromatic heterocycles. The maximum absolute atomic E-state index is 12.6. The highest BCUT2D eigenvalue weighted by molar-refractivity contribution is 7.95. The second-order valence-electron chi connectivity index (χ2n) is 9.21. The van der Waals surface area contributed by atoms with Gasteiger partial charge in [0.05, 0.1) is 25.6 Å². The summed E-state index contributed by atoms with van der Waals surface area (Å²) in [6.45, 7) is 15.0. The number of benzene rings is 1. The van der Waals surface area contributed by atoms with Crippen molar-refractivity contribution < 1.29 is 23.0 Å². The van der Waals surface area contributed by atoms with Gasteiger partial charge >= 0.3 is 0 Å². The number of rotatable bonds is 9. The van der Waals surface area contributed by atoms with Crippen molar-refractivity contribution in [3.05, 3.63) is 33.7 Å². The third kappa shape index (κ3) is 7.42. The molecule has 0 aliphatic rings. The number of aromatic hydroxyl groups is 1. The lowest BCUT2D eigenvalue weighted by Gasteiger charge is -2.28. The predicted molar refractivity (Wildman–Crippen MR) is 120 cm³/mol. The standard InChI is InChI=1S/C23H35NO5S/c1-8-28-9-10-29-11-12-30(26,27)18(16-24)13-17-14-19(22(2,3)4)21(25)20(15-17)23(5,6)7/h13-15,25H,8-12H2,1-7H3/b18-13+. The van der Waals surface area contributed by atoms with Crippen molar-refractivity contribution in [3.8, 4) is 11.8 Å². The van der Waals surface area contributed by atoms with Gasteiger partial charge < -0.3 is 14.6 Å². The van der Waals surface area contributed by atoms with Crippen LogP contribution in [0.25, 0.3) is 6.08 Å². The van der Waals surface area contributed by atoms with E-state index in [9.17, 15) is 18.8 Å². The minimum absolute atomic E-state index is 0.00944. The monoisotopic (exact) mass is 437 g/mol. The molecule has 1 aromatic rings. The van der Waals surface area contributed by atoms with E-state index in [2.05, 4.69) is 0 Å². The Kier molecular flexibility index (Phi) is 9.09. The maximum atomic E-state index is 12.6. The van der Waals surface area contributed by atoms with E-state index in [0.29, 0.717) is 36.5 Å². The molecule has 0 bridgehead atoms. The van der Waals surface area contributed by atoms with E-state index >= 15 is 0 Å². The Balaban J connectivity index is 3.27. The first-order chi connectivity index (χ1) is 13.7. The van der Waals surface area contributed by atoms with Crippen LogP contribution in [0.1, 0.15) is 65.2 Å². The molecular weight excluding hydrogens is 402 g/mol. The van der Waals surface area contributed by atoms with Gasteiger partial charge in [0.2, 0.25) is 0 Å². The van der Waals surface area contributed by atoms with Crippen molar-refractivity contribution in [2.45, 2.75) is 59.3 Å². The fourth-order valence-corrected chi connectivity index (χ4v) is 3.88. The Morgan fingerprint density at radius 3 is 1.97 bits per heavy atom. The highest BCUT2D eigenvalue weighted by Crippen LogP contribution is 2.40. The summed E-state index contributed by atoms with van der Waals surface area (Å²) in [6, 6.07) is 5.31. The molecule has 30 heavy (non-hydrogen) atoms. The molecule has 0 saturated carbocycles. The first-order valence-corrected chi connectivity index (χ1v) is 11.8. The number of phenolic OH excluding ortho intramolecular Hbond substituents is 1. The van der Waals surface area contributed by atoms with Crippen LogP contribution in [0.3, 0.4) is 0 Å². The lowest BCUT2D eigenvalue weighted by molar-refractivity contribution is 0.0591. The minimum Gasteiger partial charge on any atom is -0.507 e. The SMILES string of the molecule is CCOCCOCCS(=O)(=O)/C(C#N)=C/c1cc(C(C)(C)C)c(O)c(C(C)(C)C)c1. The average molecular weight is 438 g/mol. The van der Waals surface area contributed by atoms with Crippen molar-refractivity contribution in [1.82, 2.24) is 0 Å². The van der Waals surface area contributed by atoms with Crippen LogP contribution in [0.2, 0.25) is 0 Å². The zero-order valence-electron chi connectivity index (χ0n) is 19.2. The minimum atomic E-state index is -3.80. The van der Waals surface area contributed by atoms with Crippen LogP contribution in [0.15, 0.2) is 17.0 Å². The topological polar surface area (TPSA) is 96.6 Å². The molecule has 0 amide bonds. The molecule has 0 saturated heterocycles. The second kappa shape index (κ2) is 10.4. The molecule has 1 N–H and O–H groups in total. The van der Waals surface area contributed by atoms with E-state index in [0.717, 1.165) is 0 Å². The number of hydrogen-bond donors (Lipinski definition) is 1. The summed E-state index contributed by atoms with van der Waals surface area (Å²) >= 11 is 0. The first-order valence-electron chi connectivity index (χ1n) is 10.1. The van der Waals surface area contributed by atoms with Crippen LogP contribution in [0, 0.1) is 11.3 Å². The zero-order chi connectivity index (χ0) is 23.2. The third-order valence-electron chi connectivity index (χ3n) is 4.56. The van der Waals surface area contributed by atoms with Gasteiger partial charge in [-0.3, -0.25) is 0 Å². The Labute approximate surface area is 181 Å². The van der Waals surface area contributed by atoms with Crippen LogP contribution < -0.4 is 0 Å². The van der Waals surface area contributed by atoms with Crippen LogP contribution in [0.5, 0.6) is 5.75 Å². The highest BCUT2D eigenvalue weighted by Gasteiger charge is 2.27. The summed E-state index contributed by atoms with van der Waals surface area (Å²) < 4.78 is 35.7. The third-order valence-corrected chi connectivity index (χ3v) is 6.15. The molecule has 0 unspecified atom stereocenters. The fraction of sp³-hybridized carbons (Fsp3) is 0.609. The number of ether oxygens (including phenoxy) is 2. The molecule has 0 radical (unpaired) electrons. The highest BCUT2D eigenvalue weighted by atomic mass is 32.2. The van der Waals surface area contributed by atoms with Gasteiger partial charge in [0.15, 0.2) is 9.84 Å². The Morgan fingerprint density at radius 2 is 1.53 bits per heavy atom. The van der Waals surface area contributed by atoms with Crippen LogP contribution in [-0.2, 0) is 30.1 Å². The number of nitriles is 1. The molecule has 0 heterocycles. The van der Waals surface area contributed by atoms with Gasteiger partial charge in [0, 0.05) is 17.7 Å². The predicted octanol–water partition coefficient (Wildman–Crippen LogP) is 4.32. The number of sulfone groups is 1. The van der Waals surface area contributed by atoms with Crippen LogP contribution in [0.4, 0.5) is 0 Å². The van der Waals surface area contributed by atoms with Gasteiger partial charge in [-0.25, -0.2) is 8.42 Å². The number of allylic oxidation sites excluding steroid dienone is 1. The molecule has 0 fully saturated rings. The Bertz CT molecular complexity index is 862. The average Bonchev–Trinajstić information content (AvgIpc) is 2.61. The van der Waals surface area contributed by atoms with E-state index < -0.39 is 9.84 Å². The van der Waals surface area contributed by atoms with Gasteiger partial charge in [-0.1, -0.05) is 41.5 Å². The molecule has 0 atom stereocenters. The van der Waals surface area contributed by atoms with E-state index in [1.807, 2.05) is 54.5 Å². The Hall–Kier alpha value is -1.88. The summed E-state index contributed by atoms with van der Waals surface area (Å²) in [7, 11) is -3.80. The smallest absolute Gasteiger partial charge is 0.190 e. The van der Waals surface area contributed by atoms with Crippen molar-refractivity contribution in [2.75, 3.05) is 32.2 Å². The van der Waals surface area contributed by atoms with Crippen LogP contribution >= 0.6 is 0 Å². The number of hydrogen-bond acceptors (Lipinski definition) is 6. The molecule has 7 heteroatoms. The number of phenols is 1. The molecule has 1 aromatic carbocycles.